The van der Waals surface area contributed by atoms with Crippen molar-refractivity contribution < 1.29 is 17.9 Å². The number of nitrogens with zero attached hydrogens (tertiary/aromatic N) is 3. The van der Waals surface area contributed by atoms with Gasteiger partial charge in [0.25, 0.3) is 21.5 Å². The first kappa shape index (κ1) is 22.7. The van der Waals surface area contributed by atoms with Gasteiger partial charge in [0.05, 0.1) is 29.0 Å². The summed E-state index contributed by atoms with van der Waals surface area (Å²) in [6.45, 7) is 2.91. The molecule has 174 valence electrons. The van der Waals surface area contributed by atoms with E-state index < -0.39 is 15.6 Å². The van der Waals surface area contributed by atoms with Crippen molar-refractivity contribution in [3.8, 4) is 11.4 Å². The molecule has 3 aromatic rings. The standard InChI is InChI=1S/C23H26N4O5S/c1-16-21(23(29)27(25(16)2)17-9-5-4-6-10-17)24-33(30,31)18-11-12-20(32-3)19(15-18)22(28)26-13-7-8-14-26/h4-6,9-12,15,24H,7-8,13-14H2,1-3H3. The highest BCUT2D eigenvalue weighted by molar-refractivity contribution is 7.92. The molecule has 0 saturated carbocycles. The molecule has 0 atom stereocenters. The summed E-state index contributed by atoms with van der Waals surface area (Å²) >= 11 is 0. The topological polar surface area (TPSA) is 103 Å². The highest BCUT2D eigenvalue weighted by Crippen LogP contribution is 2.27. The molecule has 10 heteroatoms. The summed E-state index contributed by atoms with van der Waals surface area (Å²) in [6, 6.07) is 13.1. The summed E-state index contributed by atoms with van der Waals surface area (Å²) in [5.41, 5.74) is 0.695. The second kappa shape index (κ2) is 8.78. The first-order valence-corrected chi connectivity index (χ1v) is 12.1. The van der Waals surface area contributed by atoms with Crippen LogP contribution in [-0.2, 0) is 17.1 Å². The number of benzene rings is 2. The summed E-state index contributed by atoms with van der Waals surface area (Å²) in [4.78, 5) is 27.6. The maximum Gasteiger partial charge on any atom is 0.296 e. The number of hydrogen-bond acceptors (Lipinski definition) is 5. The molecule has 1 aromatic heterocycles. The minimum atomic E-state index is -4.15. The predicted octanol–water partition coefficient (Wildman–Crippen LogP) is 2.53. The number of carbonyl (C=O) groups is 1. The lowest BCUT2D eigenvalue weighted by atomic mass is 10.1. The van der Waals surface area contributed by atoms with E-state index in [-0.39, 0.29) is 22.1 Å². The lowest BCUT2D eigenvalue weighted by Gasteiger charge is -2.18. The van der Waals surface area contributed by atoms with Gasteiger partial charge in [0.2, 0.25) is 0 Å². The summed E-state index contributed by atoms with van der Waals surface area (Å²) in [5, 5.41) is 0. The van der Waals surface area contributed by atoms with Gasteiger partial charge in [-0.05, 0) is 50.1 Å². The Bertz CT molecular complexity index is 1350. The Morgan fingerprint density at radius 3 is 2.36 bits per heavy atom. The van der Waals surface area contributed by atoms with Gasteiger partial charge >= 0.3 is 0 Å². The fraction of sp³-hybridized carbons (Fsp3) is 0.304. The number of ether oxygens (including phenoxy) is 1. The molecule has 1 N–H and O–H groups in total. The van der Waals surface area contributed by atoms with Gasteiger partial charge in [-0.1, -0.05) is 18.2 Å². The molecule has 0 aliphatic carbocycles. The number of amides is 1. The van der Waals surface area contributed by atoms with Crippen LogP contribution in [0, 0.1) is 6.92 Å². The van der Waals surface area contributed by atoms with Crippen LogP contribution in [0.3, 0.4) is 0 Å². The number of methoxy groups -OCH3 is 1. The average molecular weight is 471 g/mol. The van der Waals surface area contributed by atoms with Gasteiger partial charge in [-0.25, -0.2) is 13.1 Å². The van der Waals surface area contributed by atoms with Crippen LogP contribution in [0.15, 0.2) is 58.2 Å². The smallest absolute Gasteiger partial charge is 0.296 e. The van der Waals surface area contributed by atoms with E-state index in [1.807, 2.05) is 6.07 Å². The Hall–Kier alpha value is -3.53. The van der Waals surface area contributed by atoms with Crippen molar-refractivity contribution in [3.05, 3.63) is 70.1 Å². The molecule has 33 heavy (non-hydrogen) atoms. The molecule has 2 heterocycles. The summed E-state index contributed by atoms with van der Waals surface area (Å²) in [5.74, 6) is 0.0249. The first-order valence-electron chi connectivity index (χ1n) is 10.6. The maximum atomic E-state index is 13.2. The second-order valence-electron chi connectivity index (χ2n) is 7.90. The van der Waals surface area contributed by atoms with E-state index >= 15 is 0 Å². The van der Waals surface area contributed by atoms with Crippen LogP contribution in [0.1, 0.15) is 28.9 Å². The molecule has 1 aliphatic heterocycles. The van der Waals surface area contributed by atoms with E-state index in [1.54, 1.807) is 47.8 Å². The average Bonchev–Trinajstić information content (AvgIpc) is 3.42. The zero-order chi connectivity index (χ0) is 23.8. The number of anilines is 1. The van der Waals surface area contributed by atoms with Gasteiger partial charge in [-0.3, -0.25) is 19.0 Å². The van der Waals surface area contributed by atoms with Gasteiger partial charge in [0.1, 0.15) is 11.4 Å². The summed E-state index contributed by atoms with van der Waals surface area (Å²) in [6.07, 6.45) is 1.82. The number of carbonyl (C=O) groups excluding carboxylic acids is 1. The quantitative estimate of drug-likeness (QED) is 0.596. The predicted molar refractivity (Wildman–Crippen MR) is 125 cm³/mol. The molecular formula is C23H26N4O5S. The first-order chi connectivity index (χ1) is 15.7. The van der Waals surface area contributed by atoms with Crippen LogP contribution in [-0.4, -0.2) is 48.8 Å². The van der Waals surface area contributed by atoms with Gasteiger partial charge in [0, 0.05) is 20.1 Å². The van der Waals surface area contributed by atoms with Crippen LogP contribution < -0.4 is 15.0 Å². The summed E-state index contributed by atoms with van der Waals surface area (Å²) in [7, 11) is -1.04. The molecule has 9 nitrogen and oxygen atoms in total. The van der Waals surface area contributed by atoms with Crippen molar-refractivity contribution in [3.63, 3.8) is 0 Å². The molecule has 0 spiro atoms. The highest BCUT2D eigenvalue weighted by Gasteiger charge is 2.27. The Morgan fingerprint density at radius 2 is 1.73 bits per heavy atom. The third-order valence-corrected chi connectivity index (χ3v) is 7.24. The van der Waals surface area contributed by atoms with E-state index in [1.165, 1.54) is 30.0 Å². The van der Waals surface area contributed by atoms with Crippen molar-refractivity contribution in [2.45, 2.75) is 24.7 Å². The van der Waals surface area contributed by atoms with Crippen molar-refractivity contribution in [1.82, 2.24) is 14.3 Å². The SMILES string of the molecule is COc1ccc(S(=O)(=O)Nc2c(C)n(C)n(-c3ccccc3)c2=O)cc1C(=O)N1CCCC1. The zero-order valence-corrected chi connectivity index (χ0v) is 19.6. The number of nitrogens with one attached hydrogen (secondary N) is 1. The molecule has 0 bridgehead atoms. The lowest BCUT2D eigenvalue weighted by Crippen LogP contribution is -2.28. The van der Waals surface area contributed by atoms with Gasteiger partial charge in [-0.2, -0.15) is 0 Å². The molecule has 0 unspecified atom stereocenters. The van der Waals surface area contributed by atoms with Crippen molar-refractivity contribution in [2.24, 2.45) is 7.05 Å². The third kappa shape index (κ3) is 4.13. The minimum Gasteiger partial charge on any atom is -0.496 e. The van der Waals surface area contributed by atoms with E-state index in [9.17, 15) is 18.0 Å². The second-order valence-corrected chi connectivity index (χ2v) is 9.59. The largest absolute Gasteiger partial charge is 0.496 e. The van der Waals surface area contributed by atoms with Crippen LogP contribution in [0.5, 0.6) is 5.75 Å². The van der Waals surface area contributed by atoms with Crippen LogP contribution >= 0.6 is 0 Å². The molecule has 1 saturated heterocycles. The highest BCUT2D eigenvalue weighted by atomic mass is 32.2. The van der Waals surface area contributed by atoms with Crippen LogP contribution in [0.25, 0.3) is 5.69 Å². The van der Waals surface area contributed by atoms with Crippen molar-refractivity contribution in [2.75, 3.05) is 24.9 Å². The molecule has 1 amide bonds. The number of aromatic nitrogens is 2. The Labute approximate surface area is 192 Å². The van der Waals surface area contributed by atoms with Crippen LogP contribution in [0.4, 0.5) is 5.69 Å². The summed E-state index contributed by atoms with van der Waals surface area (Å²) < 4.78 is 37.2. The number of para-hydroxylation sites is 1. The Balaban J connectivity index is 1.73. The fourth-order valence-corrected chi connectivity index (χ4v) is 5.13. The molecule has 0 radical (unpaired) electrons. The fourth-order valence-electron chi connectivity index (χ4n) is 3.99. The van der Waals surface area contributed by atoms with E-state index in [0.717, 1.165) is 12.8 Å². The monoisotopic (exact) mass is 470 g/mol. The van der Waals surface area contributed by atoms with Crippen molar-refractivity contribution >= 4 is 21.6 Å². The molecule has 1 aliphatic rings. The number of sulfonamides is 1. The number of likely N-dealkylation sites (tertiary alicyclic amines) is 1. The van der Waals surface area contributed by atoms with Crippen LogP contribution in [0.2, 0.25) is 0 Å². The van der Waals surface area contributed by atoms with Crippen molar-refractivity contribution in [1.29, 1.82) is 0 Å². The third-order valence-electron chi connectivity index (χ3n) is 5.90. The maximum absolute atomic E-state index is 13.2. The van der Waals surface area contributed by atoms with Gasteiger partial charge < -0.3 is 9.64 Å². The molecule has 2 aromatic carbocycles. The van der Waals surface area contributed by atoms with E-state index in [0.29, 0.717) is 30.2 Å². The Kier molecular flexibility index (Phi) is 6.03. The van der Waals surface area contributed by atoms with E-state index in [2.05, 4.69) is 4.72 Å². The number of hydrogen-bond donors (Lipinski definition) is 1. The zero-order valence-electron chi connectivity index (χ0n) is 18.7. The van der Waals surface area contributed by atoms with E-state index in [4.69, 9.17) is 4.74 Å². The molecular weight excluding hydrogens is 444 g/mol. The number of rotatable bonds is 6. The van der Waals surface area contributed by atoms with Gasteiger partial charge in [-0.15, -0.1) is 0 Å². The minimum absolute atomic E-state index is 0.0513. The normalized spacial score (nSPS) is 13.8. The molecule has 4 rings (SSSR count). The molecule has 1 fully saturated rings. The van der Waals surface area contributed by atoms with Gasteiger partial charge in [0.15, 0.2) is 0 Å². The lowest BCUT2D eigenvalue weighted by molar-refractivity contribution is 0.0789. The Morgan fingerprint density at radius 1 is 1.06 bits per heavy atom.